The van der Waals surface area contributed by atoms with Crippen molar-refractivity contribution < 1.29 is 13.9 Å². The van der Waals surface area contributed by atoms with E-state index in [1.54, 1.807) is 30.5 Å². The maximum atomic E-state index is 13.8. The maximum absolute atomic E-state index is 13.8. The number of ether oxygens (including phenoxy) is 1. The summed E-state index contributed by atoms with van der Waals surface area (Å²) in [7, 11) is 0. The molecule has 0 saturated heterocycles. The molecule has 2 aromatic rings. The zero-order valence-electron chi connectivity index (χ0n) is 14.4. The normalized spacial score (nSPS) is 23.2. The summed E-state index contributed by atoms with van der Waals surface area (Å²) in [4.78, 5) is 16.5. The minimum absolute atomic E-state index is 0.0386. The monoisotopic (exact) mass is 352 g/mol. The Morgan fingerprint density at radius 2 is 2.08 bits per heavy atom. The van der Waals surface area contributed by atoms with Gasteiger partial charge in [-0.25, -0.2) is 9.37 Å². The highest BCUT2D eigenvalue weighted by molar-refractivity contribution is 5.76. The second-order valence-corrected chi connectivity index (χ2v) is 7.02. The Bertz CT molecular complexity index is 836. The number of nitrogens with zero attached hydrogens (tertiary/aromatic N) is 1. The maximum Gasteiger partial charge on any atom is 0.224 e. The van der Waals surface area contributed by atoms with E-state index in [0.717, 1.165) is 12.0 Å². The number of allylic oxidation sites excluding steroid dienone is 2. The third-order valence-electron chi connectivity index (χ3n) is 5.23. The fraction of sp³-hybridized carbons (Fsp3) is 0.333. The fourth-order valence-corrected chi connectivity index (χ4v) is 3.92. The van der Waals surface area contributed by atoms with Crippen LogP contribution in [0.3, 0.4) is 0 Å². The third kappa shape index (κ3) is 3.62. The number of fused-ring (bicyclic) bond motifs is 2. The van der Waals surface area contributed by atoms with E-state index in [9.17, 15) is 9.18 Å². The first-order valence-corrected chi connectivity index (χ1v) is 9.00. The number of halogens is 1. The van der Waals surface area contributed by atoms with Crippen molar-refractivity contribution in [2.75, 3.05) is 0 Å². The number of hydrogen-bond acceptors (Lipinski definition) is 3. The number of aromatic nitrogens is 1. The number of carbonyl (C=O) groups is 1. The van der Waals surface area contributed by atoms with Crippen LogP contribution < -0.4 is 10.1 Å². The molecule has 5 heteroatoms. The summed E-state index contributed by atoms with van der Waals surface area (Å²) in [6.07, 6.45) is 8.98. The van der Waals surface area contributed by atoms with Crippen molar-refractivity contribution in [3.8, 4) is 11.6 Å². The number of nitrogens with one attached hydrogen (secondary N) is 1. The zero-order valence-corrected chi connectivity index (χ0v) is 14.4. The van der Waals surface area contributed by atoms with E-state index in [4.69, 9.17) is 4.74 Å². The van der Waals surface area contributed by atoms with Gasteiger partial charge in [0.15, 0.2) is 11.6 Å². The predicted molar refractivity (Wildman–Crippen MR) is 96.0 cm³/mol. The van der Waals surface area contributed by atoms with Crippen molar-refractivity contribution in [3.63, 3.8) is 0 Å². The Morgan fingerprint density at radius 3 is 2.85 bits per heavy atom. The average molecular weight is 352 g/mol. The molecule has 1 aromatic heterocycles. The minimum Gasteiger partial charge on any atom is -0.436 e. The first kappa shape index (κ1) is 16.8. The summed E-state index contributed by atoms with van der Waals surface area (Å²) in [6.45, 7) is 0.313. The van der Waals surface area contributed by atoms with Crippen molar-refractivity contribution in [2.45, 2.75) is 25.8 Å². The molecular formula is C21H21FN2O2. The largest absolute Gasteiger partial charge is 0.436 e. The minimum atomic E-state index is -0.447. The second kappa shape index (κ2) is 7.28. The molecule has 2 aliphatic rings. The van der Waals surface area contributed by atoms with Gasteiger partial charge in [0.1, 0.15) is 0 Å². The van der Waals surface area contributed by atoms with Gasteiger partial charge < -0.3 is 10.1 Å². The Morgan fingerprint density at radius 1 is 1.19 bits per heavy atom. The number of rotatable bonds is 6. The van der Waals surface area contributed by atoms with E-state index in [1.807, 2.05) is 6.07 Å². The molecule has 2 bridgehead atoms. The van der Waals surface area contributed by atoms with Crippen LogP contribution in [0.5, 0.6) is 11.6 Å². The van der Waals surface area contributed by atoms with Gasteiger partial charge in [0.2, 0.25) is 11.8 Å². The number of pyridine rings is 1. The van der Waals surface area contributed by atoms with E-state index >= 15 is 0 Å². The first-order chi connectivity index (χ1) is 12.7. The van der Waals surface area contributed by atoms with Crippen LogP contribution in [0.4, 0.5) is 4.39 Å². The van der Waals surface area contributed by atoms with E-state index in [1.165, 1.54) is 12.5 Å². The predicted octanol–water partition coefficient (Wildman–Crippen LogP) is 4.23. The Balaban J connectivity index is 1.37. The quantitative estimate of drug-likeness (QED) is 0.792. The van der Waals surface area contributed by atoms with Crippen LogP contribution in [-0.4, -0.2) is 10.9 Å². The van der Waals surface area contributed by atoms with Gasteiger partial charge in [0.25, 0.3) is 0 Å². The number of hydrogen-bond donors (Lipinski definition) is 1. The van der Waals surface area contributed by atoms with Crippen molar-refractivity contribution in [1.82, 2.24) is 10.3 Å². The van der Waals surface area contributed by atoms with Crippen LogP contribution >= 0.6 is 0 Å². The summed E-state index contributed by atoms with van der Waals surface area (Å²) in [5.74, 6) is 1.69. The van der Waals surface area contributed by atoms with Gasteiger partial charge in [-0.05, 0) is 48.8 Å². The Hall–Kier alpha value is -2.69. The van der Waals surface area contributed by atoms with Crippen LogP contribution in [0.15, 0.2) is 54.7 Å². The van der Waals surface area contributed by atoms with Crippen molar-refractivity contribution in [2.24, 2.45) is 17.8 Å². The Labute approximate surface area is 152 Å². The number of amides is 1. The van der Waals surface area contributed by atoms with Crippen molar-refractivity contribution >= 4 is 5.91 Å². The summed E-state index contributed by atoms with van der Waals surface area (Å²) in [6, 6.07) is 9.79. The number of carbonyl (C=O) groups excluding carboxylic acids is 1. The smallest absolute Gasteiger partial charge is 0.224 e. The van der Waals surface area contributed by atoms with Gasteiger partial charge in [-0.3, -0.25) is 4.79 Å². The van der Waals surface area contributed by atoms with Gasteiger partial charge in [-0.1, -0.05) is 30.4 Å². The zero-order chi connectivity index (χ0) is 17.9. The molecule has 3 atom stereocenters. The van der Waals surface area contributed by atoms with E-state index in [0.29, 0.717) is 36.6 Å². The molecule has 134 valence electrons. The molecule has 4 rings (SSSR count). The first-order valence-electron chi connectivity index (χ1n) is 9.00. The highest BCUT2D eigenvalue weighted by Gasteiger charge is 2.36. The van der Waals surface area contributed by atoms with Crippen molar-refractivity contribution in [3.05, 3.63) is 66.1 Å². The van der Waals surface area contributed by atoms with Gasteiger partial charge >= 0.3 is 0 Å². The fourth-order valence-electron chi connectivity index (χ4n) is 3.92. The van der Waals surface area contributed by atoms with Crippen LogP contribution in [0.2, 0.25) is 0 Å². The molecular weight excluding hydrogens is 331 g/mol. The highest BCUT2D eigenvalue weighted by atomic mass is 19.1. The molecule has 4 nitrogen and oxygen atoms in total. The molecule has 0 spiro atoms. The molecule has 0 radical (unpaired) electrons. The molecule has 1 fully saturated rings. The van der Waals surface area contributed by atoms with E-state index in [2.05, 4.69) is 22.5 Å². The van der Waals surface area contributed by atoms with Crippen LogP contribution in [-0.2, 0) is 11.3 Å². The molecule has 1 N–H and O–H groups in total. The lowest BCUT2D eigenvalue weighted by Crippen LogP contribution is -2.26. The summed E-state index contributed by atoms with van der Waals surface area (Å²) in [5, 5.41) is 2.95. The molecule has 1 aromatic carbocycles. The molecule has 0 aliphatic heterocycles. The van der Waals surface area contributed by atoms with Crippen LogP contribution in [0, 0.1) is 23.6 Å². The summed E-state index contributed by atoms with van der Waals surface area (Å²) >= 11 is 0. The average Bonchev–Trinajstić information content (AvgIpc) is 3.26. The number of para-hydroxylation sites is 1. The molecule has 1 heterocycles. The Kier molecular flexibility index (Phi) is 4.69. The standard InChI is InChI=1S/C21H21FN2O2/c22-18-5-1-2-6-19(18)26-21-16(4-3-9-23-21)13-24-20(25)12-17-11-14-7-8-15(17)10-14/h1-9,14-15,17H,10-13H2,(H,24,25)/t14-,15+,17+/m1/s1. The summed E-state index contributed by atoms with van der Waals surface area (Å²) < 4.78 is 19.4. The molecule has 2 aliphatic carbocycles. The van der Waals surface area contributed by atoms with Gasteiger partial charge in [-0.15, -0.1) is 0 Å². The third-order valence-corrected chi connectivity index (χ3v) is 5.23. The lowest BCUT2D eigenvalue weighted by atomic mass is 9.90. The SMILES string of the molecule is O=C(C[C@@H]1C[C@@H]2C=C[C@H]1C2)NCc1cccnc1Oc1ccccc1F. The molecule has 26 heavy (non-hydrogen) atoms. The van der Waals surface area contributed by atoms with Gasteiger partial charge in [0.05, 0.1) is 0 Å². The van der Waals surface area contributed by atoms with Gasteiger partial charge in [0, 0.05) is 24.7 Å². The lowest BCUT2D eigenvalue weighted by Gasteiger charge is -2.17. The summed E-state index contributed by atoms with van der Waals surface area (Å²) in [5.41, 5.74) is 0.719. The van der Waals surface area contributed by atoms with Crippen LogP contribution in [0.25, 0.3) is 0 Å². The molecule has 0 unspecified atom stereocenters. The number of benzene rings is 1. The van der Waals surface area contributed by atoms with Crippen LogP contribution in [0.1, 0.15) is 24.8 Å². The topological polar surface area (TPSA) is 51.2 Å². The van der Waals surface area contributed by atoms with Crippen molar-refractivity contribution in [1.29, 1.82) is 0 Å². The lowest BCUT2D eigenvalue weighted by molar-refractivity contribution is -0.122. The van der Waals surface area contributed by atoms with E-state index in [-0.39, 0.29) is 11.7 Å². The molecule has 1 saturated carbocycles. The molecule has 1 amide bonds. The highest BCUT2D eigenvalue weighted by Crippen LogP contribution is 2.44. The second-order valence-electron chi connectivity index (χ2n) is 7.02. The van der Waals surface area contributed by atoms with E-state index < -0.39 is 5.82 Å². The van der Waals surface area contributed by atoms with Gasteiger partial charge in [-0.2, -0.15) is 0 Å².